The van der Waals surface area contributed by atoms with Crippen molar-refractivity contribution in [3.05, 3.63) is 35.4 Å². The van der Waals surface area contributed by atoms with E-state index in [-0.39, 0.29) is 5.75 Å². The summed E-state index contributed by atoms with van der Waals surface area (Å²) < 4.78 is 29.0. The molecule has 0 unspecified atom stereocenters. The van der Waals surface area contributed by atoms with Gasteiger partial charge in [-0.25, -0.2) is 13.4 Å². The van der Waals surface area contributed by atoms with Gasteiger partial charge in [-0.1, -0.05) is 25.1 Å². The van der Waals surface area contributed by atoms with Crippen molar-refractivity contribution in [3.8, 4) is 0 Å². The Labute approximate surface area is 102 Å². The van der Waals surface area contributed by atoms with Crippen LogP contribution in [0.3, 0.4) is 0 Å². The predicted octanol–water partition coefficient (Wildman–Crippen LogP) is -0.316. The Morgan fingerprint density at radius 2 is 2.06 bits per heavy atom. The van der Waals surface area contributed by atoms with Gasteiger partial charge >= 0.3 is 0 Å². The van der Waals surface area contributed by atoms with Crippen LogP contribution in [-0.4, -0.2) is 31.5 Å². The van der Waals surface area contributed by atoms with E-state index in [4.69, 9.17) is 0 Å². The van der Waals surface area contributed by atoms with E-state index in [1.165, 1.54) is 11.1 Å². The van der Waals surface area contributed by atoms with Crippen LogP contribution in [0.5, 0.6) is 0 Å². The van der Waals surface area contributed by atoms with Crippen molar-refractivity contribution in [2.24, 2.45) is 0 Å². The van der Waals surface area contributed by atoms with E-state index in [0.717, 1.165) is 13.0 Å². The molecule has 1 heterocycles. The molecule has 5 heteroatoms. The first kappa shape index (κ1) is 13.9. The van der Waals surface area contributed by atoms with Crippen molar-refractivity contribution in [3.63, 3.8) is 0 Å². The maximum atomic E-state index is 9.68. The second kappa shape index (κ2) is 6.51. The van der Waals surface area contributed by atoms with Gasteiger partial charge in [0.05, 0.1) is 10.1 Å². The Morgan fingerprint density at radius 1 is 1.35 bits per heavy atom. The highest BCUT2D eigenvalue weighted by Crippen LogP contribution is 2.05. The third-order valence-corrected chi connectivity index (χ3v) is 3.21. The van der Waals surface area contributed by atoms with Gasteiger partial charge in [-0.3, -0.25) is 0 Å². The molecule has 0 saturated heterocycles. The topological polar surface area (TPSA) is 71.2 Å². The fourth-order valence-electron chi connectivity index (χ4n) is 1.54. The molecule has 1 aromatic carbocycles. The minimum Gasteiger partial charge on any atom is -0.748 e. The van der Waals surface area contributed by atoms with Crippen LogP contribution in [0.25, 0.3) is 0 Å². The second-order valence-corrected chi connectivity index (χ2v) is 5.33. The molecule has 4 nitrogen and oxygen atoms in total. The summed E-state index contributed by atoms with van der Waals surface area (Å²) in [6.45, 7) is 2.73. The fraction of sp³-hybridized carbons (Fsp3) is 0.417. The number of hydrogen-bond acceptors (Lipinski definition) is 3. The summed E-state index contributed by atoms with van der Waals surface area (Å²) in [6, 6.07) is 8.49. The largest absolute Gasteiger partial charge is 0.748 e. The molecule has 0 fully saturated rings. The molecule has 94 valence electrons. The number of nitrogens with one attached hydrogen (secondary N) is 1. The van der Waals surface area contributed by atoms with Gasteiger partial charge in [-0.2, -0.15) is 0 Å². The smallest absolute Gasteiger partial charge is 0.169 e. The average molecular weight is 255 g/mol. The van der Waals surface area contributed by atoms with E-state index < -0.39 is 10.1 Å². The Hall–Kier alpha value is -1.20. The van der Waals surface area contributed by atoms with Gasteiger partial charge in [0.2, 0.25) is 0 Å². The van der Waals surface area contributed by atoms with Gasteiger partial charge < -0.3 is 4.55 Å². The lowest BCUT2D eigenvalue weighted by atomic mass is 10.0. The van der Waals surface area contributed by atoms with Crippen molar-refractivity contribution < 1.29 is 18.0 Å². The number of rotatable bonds is 2. The van der Waals surface area contributed by atoms with Gasteiger partial charge in [0.1, 0.15) is 6.54 Å². The zero-order valence-electron chi connectivity index (χ0n) is 9.85. The van der Waals surface area contributed by atoms with Gasteiger partial charge in [-0.15, -0.1) is 0 Å². The molecule has 1 aromatic rings. The Balaban J connectivity index is 0.000000185. The summed E-state index contributed by atoms with van der Waals surface area (Å²) in [5.74, 6) is -0.243. The van der Waals surface area contributed by atoms with Gasteiger partial charge in [0.25, 0.3) is 0 Å². The Morgan fingerprint density at radius 3 is 2.59 bits per heavy atom. The number of hydrogen-bond donors (Lipinski definition) is 1. The molecule has 0 radical (unpaired) electrons. The van der Waals surface area contributed by atoms with E-state index in [9.17, 15) is 13.0 Å². The summed E-state index contributed by atoms with van der Waals surface area (Å²) in [5, 5.41) is 0. The number of benzene rings is 1. The highest BCUT2D eigenvalue weighted by atomic mass is 32.2. The molecular weight excluding hydrogens is 238 g/mol. The molecule has 17 heavy (non-hydrogen) atoms. The molecule has 0 saturated carbocycles. The SMILES string of the molecule is C1=[NH+]CCc2ccccc21.CCCS(=O)(=O)[O-]. The zero-order valence-corrected chi connectivity index (χ0v) is 10.7. The van der Waals surface area contributed by atoms with Gasteiger partial charge in [0, 0.05) is 17.7 Å². The Kier molecular flexibility index (Phi) is 5.31. The molecule has 0 aromatic heterocycles. The van der Waals surface area contributed by atoms with E-state index in [0.29, 0.717) is 6.42 Å². The highest BCUT2D eigenvalue weighted by Gasteiger charge is 2.05. The second-order valence-electron chi connectivity index (χ2n) is 3.81. The molecular formula is C12H17NO3S. The van der Waals surface area contributed by atoms with E-state index in [1.54, 1.807) is 6.92 Å². The first-order valence-corrected chi connectivity index (χ1v) is 7.18. The fourth-order valence-corrected chi connectivity index (χ4v) is 2.04. The molecule has 1 aliphatic heterocycles. The minimum absolute atomic E-state index is 0.243. The van der Waals surface area contributed by atoms with Gasteiger partial charge in [-0.05, 0) is 18.1 Å². The molecule has 2 rings (SSSR count). The molecule has 1 N–H and O–H groups in total. The highest BCUT2D eigenvalue weighted by molar-refractivity contribution is 7.85. The summed E-state index contributed by atoms with van der Waals surface area (Å²) in [5.41, 5.74) is 2.80. The van der Waals surface area contributed by atoms with Crippen LogP contribution < -0.4 is 4.99 Å². The standard InChI is InChI=1S/C9H9N.C3H8O3S/c1-2-4-9-7-10-6-5-8(9)3-1;1-2-3-7(4,5)6/h1-4,7H,5-6H2;2-3H2,1H3,(H,4,5,6). The Bertz CT molecular complexity index is 480. The van der Waals surface area contributed by atoms with Crippen LogP contribution in [0.15, 0.2) is 24.3 Å². The van der Waals surface area contributed by atoms with Crippen LogP contribution in [-0.2, 0) is 16.5 Å². The van der Waals surface area contributed by atoms with Crippen LogP contribution in [0, 0.1) is 0 Å². The molecule has 0 amide bonds. The molecule has 0 atom stereocenters. The first-order chi connectivity index (χ1) is 8.03. The van der Waals surface area contributed by atoms with Crippen LogP contribution in [0.2, 0.25) is 0 Å². The van der Waals surface area contributed by atoms with Crippen LogP contribution in [0.4, 0.5) is 0 Å². The lowest BCUT2D eigenvalue weighted by Gasteiger charge is -2.03. The summed E-state index contributed by atoms with van der Waals surface area (Å²) in [4.78, 5) is 3.22. The van der Waals surface area contributed by atoms with E-state index in [2.05, 4.69) is 35.5 Å². The number of fused-ring (bicyclic) bond motifs is 1. The molecule has 1 aliphatic rings. The van der Waals surface area contributed by atoms with Crippen molar-refractivity contribution >= 4 is 16.3 Å². The summed E-state index contributed by atoms with van der Waals surface area (Å²) in [7, 11) is -3.92. The quantitative estimate of drug-likeness (QED) is 0.737. The van der Waals surface area contributed by atoms with Crippen molar-refractivity contribution in [1.29, 1.82) is 0 Å². The molecule has 0 aliphatic carbocycles. The maximum Gasteiger partial charge on any atom is 0.169 e. The molecule has 0 bridgehead atoms. The minimum atomic E-state index is -3.92. The molecule has 0 spiro atoms. The van der Waals surface area contributed by atoms with E-state index >= 15 is 0 Å². The average Bonchev–Trinajstić information content (AvgIpc) is 2.28. The first-order valence-electron chi connectivity index (χ1n) is 5.61. The summed E-state index contributed by atoms with van der Waals surface area (Å²) in [6.07, 6.45) is 3.65. The predicted molar refractivity (Wildman–Crippen MR) is 66.0 cm³/mol. The third-order valence-electron chi connectivity index (χ3n) is 2.31. The van der Waals surface area contributed by atoms with Crippen molar-refractivity contribution in [1.82, 2.24) is 0 Å². The van der Waals surface area contributed by atoms with Crippen LogP contribution in [0.1, 0.15) is 24.5 Å². The normalized spacial score (nSPS) is 13.5. The zero-order chi connectivity index (χ0) is 12.7. The van der Waals surface area contributed by atoms with E-state index in [1.807, 2.05) is 0 Å². The lowest BCUT2D eigenvalue weighted by molar-refractivity contribution is -0.452. The van der Waals surface area contributed by atoms with Crippen LogP contribution >= 0.6 is 0 Å². The maximum absolute atomic E-state index is 9.68. The van der Waals surface area contributed by atoms with Gasteiger partial charge in [0.15, 0.2) is 6.21 Å². The van der Waals surface area contributed by atoms with Crippen molar-refractivity contribution in [2.75, 3.05) is 12.3 Å². The van der Waals surface area contributed by atoms with Crippen molar-refractivity contribution in [2.45, 2.75) is 19.8 Å². The monoisotopic (exact) mass is 255 g/mol. The lowest BCUT2D eigenvalue weighted by Crippen LogP contribution is -2.71. The summed E-state index contributed by atoms with van der Waals surface area (Å²) >= 11 is 0. The third kappa shape index (κ3) is 5.60.